The van der Waals surface area contributed by atoms with Crippen LogP contribution >= 0.6 is 0 Å². The van der Waals surface area contributed by atoms with Crippen molar-refractivity contribution >= 4 is 11.4 Å². The van der Waals surface area contributed by atoms with E-state index in [1.54, 1.807) is 7.11 Å². The molecule has 6 nitrogen and oxygen atoms in total. The van der Waals surface area contributed by atoms with Crippen molar-refractivity contribution in [1.29, 1.82) is 0 Å². The zero-order valence-electron chi connectivity index (χ0n) is 19.4. The summed E-state index contributed by atoms with van der Waals surface area (Å²) in [7, 11) is 5.80. The Morgan fingerprint density at radius 1 is 1.06 bits per heavy atom. The lowest BCUT2D eigenvalue weighted by Crippen LogP contribution is -2.28. The van der Waals surface area contributed by atoms with Gasteiger partial charge in [0.15, 0.2) is 0 Å². The van der Waals surface area contributed by atoms with E-state index in [4.69, 9.17) is 19.2 Å². The van der Waals surface area contributed by atoms with E-state index in [2.05, 4.69) is 42.2 Å². The highest BCUT2D eigenvalue weighted by Crippen LogP contribution is 2.41. The van der Waals surface area contributed by atoms with Crippen molar-refractivity contribution in [2.75, 3.05) is 41.0 Å². The maximum Gasteiger partial charge on any atom is 0.125 e. The first-order valence-electron chi connectivity index (χ1n) is 11.3. The van der Waals surface area contributed by atoms with E-state index in [1.165, 1.54) is 5.56 Å². The number of pyridine rings is 1. The van der Waals surface area contributed by atoms with Gasteiger partial charge in [0.25, 0.3) is 0 Å². The molecular weight excluding hydrogens is 414 g/mol. The first kappa shape index (κ1) is 21.5. The SMILES string of the molecule is COc1ccc2c(c1)CC(C1=Nc3cc(-c4ccncc4)cc(OCCN(C)C)c3C1)CO2. The van der Waals surface area contributed by atoms with Crippen molar-refractivity contribution < 1.29 is 14.2 Å². The zero-order valence-corrected chi connectivity index (χ0v) is 19.4. The summed E-state index contributed by atoms with van der Waals surface area (Å²) >= 11 is 0. The van der Waals surface area contributed by atoms with Crippen LogP contribution in [-0.4, -0.2) is 56.6 Å². The summed E-state index contributed by atoms with van der Waals surface area (Å²) in [5.74, 6) is 2.94. The van der Waals surface area contributed by atoms with Crippen LogP contribution in [0.2, 0.25) is 0 Å². The molecule has 0 saturated carbocycles. The lowest BCUT2D eigenvalue weighted by atomic mass is 9.90. The summed E-state index contributed by atoms with van der Waals surface area (Å²) in [4.78, 5) is 11.4. The van der Waals surface area contributed by atoms with E-state index in [0.717, 1.165) is 64.7 Å². The average molecular weight is 444 g/mol. The summed E-state index contributed by atoms with van der Waals surface area (Å²) < 4.78 is 17.8. The van der Waals surface area contributed by atoms with Crippen molar-refractivity contribution in [3.05, 3.63) is 66.0 Å². The smallest absolute Gasteiger partial charge is 0.125 e. The second kappa shape index (κ2) is 9.24. The third kappa shape index (κ3) is 4.57. The van der Waals surface area contributed by atoms with Gasteiger partial charge in [0.1, 0.15) is 23.9 Å². The summed E-state index contributed by atoms with van der Waals surface area (Å²) in [5, 5.41) is 0. The van der Waals surface area contributed by atoms with E-state index in [9.17, 15) is 0 Å². The fourth-order valence-corrected chi connectivity index (χ4v) is 4.41. The molecule has 5 rings (SSSR count). The fourth-order valence-electron chi connectivity index (χ4n) is 4.41. The minimum Gasteiger partial charge on any atom is -0.497 e. The van der Waals surface area contributed by atoms with Crippen LogP contribution in [0.15, 0.2) is 59.9 Å². The van der Waals surface area contributed by atoms with Crippen LogP contribution < -0.4 is 14.2 Å². The molecule has 0 radical (unpaired) electrons. The predicted molar refractivity (Wildman–Crippen MR) is 130 cm³/mol. The molecule has 0 aliphatic carbocycles. The van der Waals surface area contributed by atoms with Crippen molar-refractivity contribution in [3.8, 4) is 28.4 Å². The first-order valence-corrected chi connectivity index (χ1v) is 11.3. The van der Waals surface area contributed by atoms with Crippen LogP contribution in [0.4, 0.5) is 5.69 Å². The van der Waals surface area contributed by atoms with Gasteiger partial charge in [0.2, 0.25) is 0 Å². The fraction of sp³-hybridized carbons (Fsp3) is 0.333. The Hall–Kier alpha value is -3.38. The monoisotopic (exact) mass is 443 g/mol. The quantitative estimate of drug-likeness (QED) is 0.535. The third-order valence-electron chi connectivity index (χ3n) is 6.26. The Kier molecular flexibility index (Phi) is 6.01. The van der Waals surface area contributed by atoms with Crippen LogP contribution in [0, 0.1) is 5.92 Å². The number of rotatable bonds is 7. The number of methoxy groups -OCH3 is 1. The average Bonchev–Trinajstić information content (AvgIpc) is 3.28. The largest absolute Gasteiger partial charge is 0.497 e. The molecule has 1 atom stereocenters. The van der Waals surface area contributed by atoms with Crippen LogP contribution in [-0.2, 0) is 12.8 Å². The molecule has 6 heteroatoms. The molecule has 0 spiro atoms. The second-order valence-corrected chi connectivity index (χ2v) is 8.83. The van der Waals surface area contributed by atoms with E-state index < -0.39 is 0 Å². The summed E-state index contributed by atoms with van der Waals surface area (Å²) in [6.07, 6.45) is 5.31. The Labute approximate surface area is 194 Å². The Balaban J connectivity index is 1.43. The van der Waals surface area contributed by atoms with Gasteiger partial charge in [-0.05, 0) is 79.7 Å². The number of likely N-dealkylation sites (N-methyl/N-ethyl adjacent to an activating group) is 1. The van der Waals surface area contributed by atoms with Crippen molar-refractivity contribution in [1.82, 2.24) is 9.88 Å². The summed E-state index contributed by atoms with van der Waals surface area (Å²) in [6.45, 7) is 2.13. The minimum absolute atomic E-state index is 0.232. The van der Waals surface area contributed by atoms with Crippen molar-refractivity contribution in [2.45, 2.75) is 12.8 Å². The van der Waals surface area contributed by atoms with Crippen LogP contribution in [0.3, 0.4) is 0 Å². The molecule has 2 aliphatic rings. The Morgan fingerprint density at radius 2 is 1.91 bits per heavy atom. The molecule has 0 fully saturated rings. The van der Waals surface area contributed by atoms with Crippen molar-refractivity contribution in [3.63, 3.8) is 0 Å². The molecule has 0 amide bonds. The van der Waals surface area contributed by atoms with Crippen LogP contribution in [0.5, 0.6) is 17.2 Å². The molecule has 0 N–H and O–H groups in total. The van der Waals surface area contributed by atoms with Crippen LogP contribution in [0.25, 0.3) is 11.1 Å². The molecule has 2 aromatic carbocycles. The number of aliphatic imine (C=N–C) groups is 1. The number of fused-ring (bicyclic) bond motifs is 2. The maximum atomic E-state index is 6.27. The Morgan fingerprint density at radius 3 is 2.70 bits per heavy atom. The summed E-state index contributed by atoms with van der Waals surface area (Å²) in [6, 6.07) is 14.3. The molecule has 170 valence electrons. The first-order chi connectivity index (χ1) is 16.1. The predicted octanol–water partition coefficient (Wildman–Crippen LogP) is 4.58. The lowest BCUT2D eigenvalue weighted by Gasteiger charge is -2.25. The molecular formula is C27H29N3O3. The molecule has 0 saturated heterocycles. The normalized spacial score (nSPS) is 16.6. The standard InChI is InChI=1S/C27H29N3O3/c1-30(2)10-11-32-27-15-19(18-6-8-28-9-7-18)14-25-23(27)16-24(29-25)21-12-20-13-22(31-3)4-5-26(20)33-17-21/h4-9,13-15,21H,10-12,16-17H2,1-3H3. The van der Waals surface area contributed by atoms with Gasteiger partial charge in [0.05, 0.1) is 19.4 Å². The van der Waals surface area contributed by atoms with E-state index >= 15 is 0 Å². The van der Waals surface area contributed by atoms with Crippen LogP contribution in [0.1, 0.15) is 11.1 Å². The zero-order chi connectivity index (χ0) is 22.8. The van der Waals surface area contributed by atoms with Gasteiger partial charge in [-0.25, -0.2) is 0 Å². The van der Waals surface area contributed by atoms with E-state index in [1.807, 2.05) is 36.7 Å². The Bertz CT molecular complexity index is 1170. The highest BCUT2D eigenvalue weighted by atomic mass is 16.5. The molecule has 0 bridgehead atoms. The number of nitrogens with zero attached hydrogens (tertiary/aromatic N) is 3. The molecule has 3 aromatic rings. The highest BCUT2D eigenvalue weighted by molar-refractivity contribution is 5.98. The van der Waals surface area contributed by atoms with Gasteiger partial charge < -0.3 is 19.1 Å². The van der Waals surface area contributed by atoms with Gasteiger partial charge in [-0.1, -0.05) is 0 Å². The van der Waals surface area contributed by atoms with Gasteiger partial charge in [-0.2, -0.15) is 0 Å². The molecule has 1 unspecified atom stereocenters. The van der Waals surface area contributed by atoms with Gasteiger partial charge in [-0.15, -0.1) is 0 Å². The molecule has 2 aliphatic heterocycles. The van der Waals surface area contributed by atoms with Gasteiger partial charge in [-0.3, -0.25) is 9.98 Å². The molecule has 33 heavy (non-hydrogen) atoms. The number of ether oxygens (including phenoxy) is 3. The van der Waals surface area contributed by atoms with Gasteiger partial charge >= 0.3 is 0 Å². The molecule has 1 aromatic heterocycles. The van der Waals surface area contributed by atoms with Gasteiger partial charge in [0, 0.05) is 42.6 Å². The second-order valence-electron chi connectivity index (χ2n) is 8.83. The number of aromatic nitrogens is 1. The minimum atomic E-state index is 0.232. The van der Waals surface area contributed by atoms with E-state index in [-0.39, 0.29) is 5.92 Å². The molecule has 3 heterocycles. The third-order valence-corrected chi connectivity index (χ3v) is 6.26. The maximum absolute atomic E-state index is 6.27. The highest BCUT2D eigenvalue weighted by Gasteiger charge is 2.30. The van der Waals surface area contributed by atoms with E-state index in [0.29, 0.717) is 13.2 Å². The lowest BCUT2D eigenvalue weighted by molar-refractivity contribution is 0.256. The topological polar surface area (TPSA) is 56.2 Å². The van der Waals surface area contributed by atoms with Crippen molar-refractivity contribution in [2.24, 2.45) is 10.9 Å². The number of hydrogen-bond acceptors (Lipinski definition) is 6. The number of hydrogen-bond donors (Lipinski definition) is 0. The summed E-state index contributed by atoms with van der Waals surface area (Å²) in [5.41, 5.74) is 6.69. The number of benzene rings is 2.